The molecule has 3 aromatic rings. The second-order valence-corrected chi connectivity index (χ2v) is 8.57. The molecule has 0 atom stereocenters. The van der Waals surface area contributed by atoms with Crippen molar-refractivity contribution in [2.24, 2.45) is 5.92 Å². The first-order valence-electron chi connectivity index (χ1n) is 11.0. The minimum absolute atomic E-state index is 0.0897. The molecule has 4 rings (SSSR count). The molecular formula is C27H28N2O4. The Morgan fingerprint density at radius 2 is 1.67 bits per heavy atom. The SMILES string of the molecule is CC(C)COc1ccc(C2=C(N(C)Cc3ccccc3)C(=O)N(Cc3ccco3)C2=O)cc1. The summed E-state index contributed by atoms with van der Waals surface area (Å²) in [6.45, 7) is 5.38. The van der Waals surface area contributed by atoms with Crippen molar-refractivity contribution >= 4 is 17.4 Å². The number of carbonyl (C=O) groups excluding carboxylic acids is 2. The van der Waals surface area contributed by atoms with Crippen molar-refractivity contribution in [3.63, 3.8) is 0 Å². The third-order valence-corrected chi connectivity index (χ3v) is 5.41. The molecule has 0 bridgehead atoms. The first-order valence-corrected chi connectivity index (χ1v) is 11.0. The molecule has 170 valence electrons. The molecule has 1 aliphatic rings. The van der Waals surface area contributed by atoms with Crippen LogP contribution in [0.2, 0.25) is 0 Å². The maximum Gasteiger partial charge on any atom is 0.278 e. The van der Waals surface area contributed by atoms with Crippen molar-refractivity contribution in [2.75, 3.05) is 13.7 Å². The van der Waals surface area contributed by atoms with E-state index in [-0.39, 0.29) is 18.4 Å². The van der Waals surface area contributed by atoms with Gasteiger partial charge in [0, 0.05) is 13.6 Å². The summed E-state index contributed by atoms with van der Waals surface area (Å²) in [4.78, 5) is 30.0. The van der Waals surface area contributed by atoms with Gasteiger partial charge in [-0.3, -0.25) is 14.5 Å². The zero-order valence-corrected chi connectivity index (χ0v) is 19.2. The van der Waals surface area contributed by atoms with Crippen LogP contribution in [-0.2, 0) is 22.7 Å². The number of imide groups is 1. The van der Waals surface area contributed by atoms with Crippen molar-refractivity contribution < 1.29 is 18.7 Å². The number of amides is 2. The van der Waals surface area contributed by atoms with Crippen LogP contribution in [-0.4, -0.2) is 35.3 Å². The zero-order valence-electron chi connectivity index (χ0n) is 19.2. The van der Waals surface area contributed by atoms with Gasteiger partial charge in [0.25, 0.3) is 11.8 Å². The molecule has 0 unspecified atom stereocenters. The predicted molar refractivity (Wildman–Crippen MR) is 126 cm³/mol. The van der Waals surface area contributed by atoms with Gasteiger partial charge in [-0.1, -0.05) is 56.3 Å². The van der Waals surface area contributed by atoms with Gasteiger partial charge in [0.1, 0.15) is 17.2 Å². The van der Waals surface area contributed by atoms with Crippen molar-refractivity contribution in [1.82, 2.24) is 9.80 Å². The van der Waals surface area contributed by atoms with Crippen LogP contribution in [0.5, 0.6) is 5.75 Å². The molecule has 2 aromatic carbocycles. The van der Waals surface area contributed by atoms with Gasteiger partial charge in [0.15, 0.2) is 0 Å². The predicted octanol–water partition coefficient (Wildman–Crippen LogP) is 4.73. The van der Waals surface area contributed by atoms with Crippen molar-refractivity contribution in [3.05, 3.63) is 95.6 Å². The number of furan rings is 1. The highest BCUT2D eigenvalue weighted by Crippen LogP contribution is 2.33. The smallest absolute Gasteiger partial charge is 0.278 e. The molecule has 1 aliphatic heterocycles. The molecule has 0 fully saturated rings. The summed E-state index contributed by atoms with van der Waals surface area (Å²) >= 11 is 0. The third kappa shape index (κ3) is 5.00. The summed E-state index contributed by atoms with van der Waals surface area (Å²) in [6, 6.07) is 20.7. The maximum atomic E-state index is 13.5. The van der Waals surface area contributed by atoms with Crippen LogP contribution in [0.1, 0.15) is 30.7 Å². The van der Waals surface area contributed by atoms with E-state index in [9.17, 15) is 9.59 Å². The second kappa shape index (κ2) is 9.77. The molecular weight excluding hydrogens is 416 g/mol. The van der Waals surface area contributed by atoms with E-state index in [0.717, 1.165) is 11.3 Å². The lowest BCUT2D eigenvalue weighted by molar-refractivity contribution is -0.138. The third-order valence-electron chi connectivity index (χ3n) is 5.41. The number of hydrogen-bond donors (Lipinski definition) is 0. The Hall–Kier alpha value is -3.80. The minimum Gasteiger partial charge on any atom is -0.493 e. The molecule has 0 saturated carbocycles. The molecule has 0 N–H and O–H groups in total. The van der Waals surface area contributed by atoms with E-state index >= 15 is 0 Å². The fourth-order valence-electron chi connectivity index (χ4n) is 3.80. The fraction of sp³-hybridized carbons (Fsp3) is 0.259. The molecule has 33 heavy (non-hydrogen) atoms. The van der Waals surface area contributed by atoms with Crippen LogP contribution in [0.15, 0.2) is 83.1 Å². The lowest BCUT2D eigenvalue weighted by Crippen LogP contribution is -2.33. The fourth-order valence-corrected chi connectivity index (χ4v) is 3.80. The van der Waals surface area contributed by atoms with E-state index in [1.165, 1.54) is 11.2 Å². The molecule has 2 heterocycles. The van der Waals surface area contributed by atoms with Crippen LogP contribution < -0.4 is 4.74 Å². The monoisotopic (exact) mass is 444 g/mol. The Bertz CT molecular complexity index is 1130. The molecule has 0 saturated heterocycles. The molecule has 6 nitrogen and oxygen atoms in total. The summed E-state index contributed by atoms with van der Waals surface area (Å²) in [5.74, 6) is 1.04. The number of likely N-dealkylation sites (N-methyl/N-ethyl adjacent to an activating group) is 1. The van der Waals surface area contributed by atoms with Crippen LogP contribution >= 0.6 is 0 Å². The van der Waals surface area contributed by atoms with Gasteiger partial charge >= 0.3 is 0 Å². The number of rotatable bonds is 9. The van der Waals surface area contributed by atoms with Crippen molar-refractivity contribution in [1.29, 1.82) is 0 Å². The molecule has 6 heteroatoms. The summed E-state index contributed by atoms with van der Waals surface area (Å²) < 4.78 is 11.2. The van der Waals surface area contributed by atoms with Gasteiger partial charge in [0.2, 0.25) is 0 Å². The molecule has 0 spiro atoms. The van der Waals surface area contributed by atoms with E-state index in [4.69, 9.17) is 9.15 Å². The quantitative estimate of drug-likeness (QED) is 0.447. The number of hydrogen-bond acceptors (Lipinski definition) is 5. The number of nitrogens with zero attached hydrogens (tertiary/aromatic N) is 2. The topological polar surface area (TPSA) is 63.0 Å². The Kier molecular flexibility index (Phi) is 6.63. The Morgan fingerprint density at radius 1 is 0.939 bits per heavy atom. The van der Waals surface area contributed by atoms with Gasteiger partial charge < -0.3 is 14.1 Å². The lowest BCUT2D eigenvalue weighted by Gasteiger charge is -2.21. The first kappa shape index (κ1) is 22.4. The van der Waals surface area contributed by atoms with Crippen molar-refractivity contribution in [2.45, 2.75) is 26.9 Å². The van der Waals surface area contributed by atoms with E-state index in [2.05, 4.69) is 13.8 Å². The lowest BCUT2D eigenvalue weighted by atomic mass is 10.0. The van der Waals surface area contributed by atoms with E-state index in [1.54, 1.807) is 12.1 Å². The van der Waals surface area contributed by atoms with Gasteiger partial charge in [-0.25, -0.2) is 0 Å². The Morgan fingerprint density at radius 3 is 2.30 bits per heavy atom. The Labute approximate surface area is 194 Å². The largest absolute Gasteiger partial charge is 0.493 e. The van der Waals surface area contributed by atoms with Gasteiger partial charge in [-0.15, -0.1) is 0 Å². The molecule has 2 amide bonds. The zero-order chi connectivity index (χ0) is 23.4. The van der Waals surface area contributed by atoms with Gasteiger partial charge in [-0.05, 0) is 41.3 Å². The van der Waals surface area contributed by atoms with Gasteiger partial charge in [0.05, 0.1) is 25.0 Å². The van der Waals surface area contributed by atoms with E-state index < -0.39 is 0 Å². The normalized spacial score (nSPS) is 13.9. The average Bonchev–Trinajstić information content (AvgIpc) is 3.41. The highest BCUT2D eigenvalue weighted by molar-refractivity contribution is 6.35. The van der Waals surface area contributed by atoms with Crippen LogP contribution in [0.25, 0.3) is 5.57 Å². The number of carbonyl (C=O) groups is 2. The standard InChI is InChI=1S/C27H28N2O4/c1-19(2)18-33-22-13-11-21(12-14-22)24-25(28(3)16-20-8-5-4-6-9-20)27(31)29(26(24)30)17-23-10-7-15-32-23/h4-15,19H,16-18H2,1-3H3. The summed E-state index contributed by atoms with van der Waals surface area (Å²) in [7, 11) is 1.84. The van der Waals surface area contributed by atoms with Crippen LogP contribution in [0, 0.1) is 5.92 Å². The van der Waals surface area contributed by atoms with Crippen LogP contribution in [0.3, 0.4) is 0 Å². The summed E-state index contributed by atoms with van der Waals surface area (Å²) in [5, 5.41) is 0. The summed E-state index contributed by atoms with van der Waals surface area (Å²) in [5.41, 5.74) is 2.50. The van der Waals surface area contributed by atoms with E-state index in [0.29, 0.717) is 41.7 Å². The second-order valence-electron chi connectivity index (χ2n) is 8.57. The Balaban J connectivity index is 1.67. The van der Waals surface area contributed by atoms with E-state index in [1.807, 2.05) is 66.5 Å². The van der Waals surface area contributed by atoms with Crippen molar-refractivity contribution in [3.8, 4) is 5.75 Å². The minimum atomic E-state index is -0.331. The number of benzene rings is 2. The van der Waals surface area contributed by atoms with Crippen LogP contribution in [0.4, 0.5) is 0 Å². The highest BCUT2D eigenvalue weighted by atomic mass is 16.5. The highest BCUT2D eigenvalue weighted by Gasteiger charge is 2.41. The molecule has 0 radical (unpaired) electrons. The molecule has 1 aromatic heterocycles. The van der Waals surface area contributed by atoms with Gasteiger partial charge in [-0.2, -0.15) is 0 Å². The average molecular weight is 445 g/mol. The first-order chi connectivity index (χ1) is 15.9. The summed E-state index contributed by atoms with van der Waals surface area (Å²) in [6.07, 6.45) is 1.53. The molecule has 0 aliphatic carbocycles. The number of ether oxygens (including phenoxy) is 1. The maximum absolute atomic E-state index is 13.5.